The molecule has 5 heteroatoms. The Morgan fingerprint density at radius 2 is 1.77 bits per heavy atom. The summed E-state index contributed by atoms with van der Waals surface area (Å²) >= 11 is 3.49. The van der Waals surface area contributed by atoms with Crippen LogP contribution in [-0.2, 0) is 13.1 Å². The molecule has 1 aliphatic rings. The average Bonchev–Trinajstić information content (AvgIpc) is 3.16. The summed E-state index contributed by atoms with van der Waals surface area (Å²) < 4.78 is 3.26. The number of nitrogens with one attached hydrogen (secondary N) is 1. The van der Waals surface area contributed by atoms with Gasteiger partial charge in [-0.2, -0.15) is 0 Å². The van der Waals surface area contributed by atoms with Crippen molar-refractivity contribution in [2.45, 2.75) is 19.1 Å². The van der Waals surface area contributed by atoms with E-state index in [2.05, 4.69) is 50.2 Å². The molecule has 0 saturated carbocycles. The molecule has 0 radical (unpaired) electrons. The van der Waals surface area contributed by atoms with E-state index >= 15 is 0 Å². The van der Waals surface area contributed by atoms with Gasteiger partial charge in [-0.05, 0) is 35.4 Å². The molecular formula is C21H20BrN3O. The first kappa shape index (κ1) is 16.9. The first-order chi connectivity index (χ1) is 12.7. The second kappa shape index (κ2) is 7.38. The second-order valence-corrected chi connectivity index (χ2v) is 7.33. The Kier molecular flexibility index (Phi) is 4.80. The van der Waals surface area contributed by atoms with E-state index in [1.54, 1.807) is 0 Å². The van der Waals surface area contributed by atoms with E-state index in [1.165, 1.54) is 0 Å². The Morgan fingerprint density at radius 1 is 1.00 bits per heavy atom. The molecule has 0 bridgehead atoms. The number of amides is 2. The fourth-order valence-corrected chi connectivity index (χ4v) is 3.74. The molecule has 26 heavy (non-hydrogen) atoms. The number of hydrogen-bond donors (Lipinski definition) is 1. The molecule has 3 aromatic rings. The number of halogens is 1. The minimum absolute atomic E-state index is 0.0331. The molecule has 0 fully saturated rings. The summed E-state index contributed by atoms with van der Waals surface area (Å²) in [7, 11) is 0. The third kappa shape index (κ3) is 3.40. The third-order valence-electron chi connectivity index (χ3n) is 4.77. The van der Waals surface area contributed by atoms with Gasteiger partial charge >= 0.3 is 6.03 Å². The van der Waals surface area contributed by atoms with E-state index < -0.39 is 0 Å². The highest BCUT2D eigenvalue weighted by Crippen LogP contribution is 2.33. The number of aromatic nitrogens is 1. The van der Waals surface area contributed by atoms with Crippen molar-refractivity contribution in [1.29, 1.82) is 0 Å². The third-order valence-corrected chi connectivity index (χ3v) is 5.30. The quantitative estimate of drug-likeness (QED) is 0.675. The second-order valence-electron chi connectivity index (χ2n) is 6.42. The molecule has 0 aliphatic carbocycles. The van der Waals surface area contributed by atoms with Crippen molar-refractivity contribution >= 4 is 22.0 Å². The summed E-state index contributed by atoms with van der Waals surface area (Å²) in [5, 5.41) is 3.07. The van der Waals surface area contributed by atoms with Gasteiger partial charge in [-0.15, -0.1) is 0 Å². The van der Waals surface area contributed by atoms with E-state index in [9.17, 15) is 4.79 Å². The van der Waals surface area contributed by atoms with Crippen molar-refractivity contribution in [1.82, 2.24) is 14.8 Å². The van der Waals surface area contributed by atoms with Crippen molar-refractivity contribution in [2.75, 3.05) is 6.54 Å². The highest BCUT2D eigenvalue weighted by molar-refractivity contribution is 9.10. The normalized spacial score (nSPS) is 16.2. The summed E-state index contributed by atoms with van der Waals surface area (Å²) in [5.74, 6) is 0. The number of fused-ring (bicyclic) bond motifs is 1. The van der Waals surface area contributed by atoms with Crippen LogP contribution < -0.4 is 5.32 Å². The van der Waals surface area contributed by atoms with E-state index in [-0.39, 0.29) is 12.1 Å². The molecule has 4 nitrogen and oxygen atoms in total. The molecule has 2 heterocycles. The van der Waals surface area contributed by atoms with Crippen LogP contribution in [-0.4, -0.2) is 22.0 Å². The van der Waals surface area contributed by atoms with Gasteiger partial charge in [-0.1, -0.05) is 58.4 Å². The minimum Gasteiger partial charge on any atom is -0.348 e. The Labute approximate surface area is 161 Å². The summed E-state index contributed by atoms with van der Waals surface area (Å²) in [5.41, 5.74) is 3.36. The van der Waals surface area contributed by atoms with Crippen molar-refractivity contribution in [3.63, 3.8) is 0 Å². The zero-order valence-corrected chi connectivity index (χ0v) is 15.9. The fourth-order valence-electron chi connectivity index (χ4n) is 3.47. The van der Waals surface area contributed by atoms with Crippen molar-refractivity contribution in [2.24, 2.45) is 0 Å². The number of carbonyl (C=O) groups excluding carboxylic acids is 1. The van der Waals surface area contributed by atoms with Gasteiger partial charge in [0.05, 0.1) is 6.04 Å². The highest BCUT2D eigenvalue weighted by Gasteiger charge is 2.31. The molecule has 1 aliphatic heterocycles. The van der Waals surface area contributed by atoms with Crippen molar-refractivity contribution in [3.8, 4) is 0 Å². The van der Waals surface area contributed by atoms with Crippen LogP contribution in [0.3, 0.4) is 0 Å². The molecule has 132 valence electrons. The molecule has 2 aromatic carbocycles. The maximum Gasteiger partial charge on any atom is 0.318 e. The Bertz CT molecular complexity index is 889. The van der Waals surface area contributed by atoms with Gasteiger partial charge in [0.2, 0.25) is 0 Å². The summed E-state index contributed by atoms with van der Waals surface area (Å²) in [6, 6.07) is 22.2. The lowest BCUT2D eigenvalue weighted by atomic mass is 10.0. The number of rotatable bonds is 3. The average molecular weight is 410 g/mol. The van der Waals surface area contributed by atoms with Gasteiger partial charge in [-0.25, -0.2) is 4.79 Å². The predicted octanol–water partition coefficient (Wildman–Crippen LogP) is 4.57. The Balaban J connectivity index is 1.59. The molecule has 0 spiro atoms. The lowest BCUT2D eigenvalue weighted by Gasteiger charge is -2.37. The first-order valence-corrected chi connectivity index (χ1v) is 9.50. The fraction of sp³-hybridized carbons (Fsp3) is 0.190. The molecular weight excluding hydrogens is 390 g/mol. The van der Waals surface area contributed by atoms with Crippen molar-refractivity contribution < 1.29 is 4.79 Å². The van der Waals surface area contributed by atoms with E-state index in [1.807, 2.05) is 53.4 Å². The maximum absolute atomic E-state index is 13.0. The lowest BCUT2D eigenvalue weighted by Crippen LogP contribution is -2.47. The van der Waals surface area contributed by atoms with Crippen LogP contribution in [0.25, 0.3) is 0 Å². The van der Waals surface area contributed by atoms with Crippen molar-refractivity contribution in [3.05, 3.63) is 94.2 Å². The number of hydrogen-bond acceptors (Lipinski definition) is 1. The smallest absolute Gasteiger partial charge is 0.318 e. The van der Waals surface area contributed by atoms with Gasteiger partial charge in [0.1, 0.15) is 0 Å². The van der Waals surface area contributed by atoms with Crippen LogP contribution in [0.15, 0.2) is 77.4 Å². The molecule has 4 rings (SSSR count). The largest absolute Gasteiger partial charge is 0.348 e. The van der Waals surface area contributed by atoms with Crippen LogP contribution in [0.5, 0.6) is 0 Å². The van der Waals surface area contributed by atoms with Crippen LogP contribution >= 0.6 is 15.9 Å². The Hall–Kier alpha value is -2.53. The van der Waals surface area contributed by atoms with Crippen LogP contribution in [0, 0.1) is 0 Å². The van der Waals surface area contributed by atoms with E-state index in [0.29, 0.717) is 13.1 Å². The topological polar surface area (TPSA) is 37.3 Å². The summed E-state index contributed by atoms with van der Waals surface area (Å²) in [6.45, 7) is 2.03. The number of benzene rings is 2. The first-order valence-electron chi connectivity index (χ1n) is 8.71. The zero-order valence-electron chi connectivity index (χ0n) is 14.3. The molecule has 1 N–H and O–H groups in total. The SMILES string of the molecule is O=C(NCc1ccccc1)N1CCn2cccc2[C@H]1c1ccc(Br)cc1. The minimum atomic E-state index is -0.0809. The zero-order chi connectivity index (χ0) is 17.9. The monoisotopic (exact) mass is 409 g/mol. The molecule has 0 unspecified atom stereocenters. The van der Waals surface area contributed by atoms with Gasteiger partial charge in [0, 0.05) is 36.0 Å². The molecule has 1 atom stereocenters. The van der Waals surface area contributed by atoms with Crippen LogP contribution in [0.2, 0.25) is 0 Å². The molecule has 1 aromatic heterocycles. The van der Waals surface area contributed by atoms with Crippen LogP contribution in [0.1, 0.15) is 22.9 Å². The van der Waals surface area contributed by atoms with Gasteiger partial charge in [0.25, 0.3) is 0 Å². The highest BCUT2D eigenvalue weighted by atomic mass is 79.9. The summed E-state index contributed by atoms with van der Waals surface area (Å²) in [4.78, 5) is 14.9. The van der Waals surface area contributed by atoms with Gasteiger partial charge < -0.3 is 14.8 Å². The number of carbonyl (C=O) groups is 1. The number of urea groups is 1. The lowest BCUT2D eigenvalue weighted by molar-refractivity contribution is 0.168. The maximum atomic E-state index is 13.0. The number of nitrogens with zero attached hydrogens (tertiary/aromatic N) is 2. The summed E-state index contributed by atoms with van der Waals surface area (Å²) in [6.07, 6.45) is 2.08. The Morgan fingerprint density at radius 3 is 2.54 bits per heavy atom. The van der Waals surface area contributed by atoms with Gasteiger partial charge in [-0.3, -0.25) is 0 Å². The standard InChI is InChI=1S/C21H20BrN3O/c22-18-10-8-17(9-11-18)20-19-7-4-12-24(19)13-14-25(20)21(26)23-15-16-5-2-1-3-6-16/h1-12,20H,13-15H2,(H,23,26)/t20-/m1/s1. The molecule has 2 amide bonds. The van der Waals surface area contributed by atoms with E-state index in [0.717, 1.165) is 27.8 Å². The van der Waals surface area contributed by atoms with Crippen LogP contribution in [0.4, 0.5) is 4.79 Å². The van der Waals surface area contributed by atoms with E-state index in [4.69, 9.17) is 0 Å². The predicted molar refractivity (Wildman–Crippen MR) is 106 cm³/mol. The van der Waals surface area contributed by atoms with Gasteiger partial charge in [0.15, 0.2) is 0 Å². The molecule has 0 saturated heterocycles.